The van der Waals surface area contributed by atoms with Gasteiger partial charge in [0.1, 0.15) is 18.2 Å². The zero-order chi connectivity index (χ0) is 30.7. The molecule has 4 unspecified atom stereocenters. The highest BCUT2D eigenvalue weighted by atomic mass is 19.3. The van der Waals surface area contributed by atoms with E-state index in [4.69, 9.17) is 14.2 Å². The number of amides is 2. The van der Waals surface area contributed by atoms with E-state index in [1.165, 1.54) is 7.05 Å². The van der Waals surface area contributed by atoms with Gasteiger partial charge in [-0.1, -0.05) is 39.0 Å². The van der Waals surface area contributed by atoms with E-state index in [0.29, 0.717) is 30.9 Å². The van der Waals surface area contributed by atoms with Gasteiger partial charge in [0.15, 0.2) is 5.69 Å². The van der Waals surface area contributed by atoms with Crippen molar-refractivity contribution in [2.24, 2.45) is 5.41 Å². The Morgan fingerprint density at radius 1 is 1.10 bits per heavy atom. The smallest absolute Gasteiger partial charge is 0.408 e. The Kier molecular flexibility index (Phi) is 9.29. The van der Waals surface area contributed by atoms with Crippen molar-refractivity contribution in [1.82, 2.24) is 20.2 Å². The molecule has 4 rings (SSSR count). The predicted molar refractivity (Wildman–Crippen MR) is 147 cm³/mol. The van der Waals surface area contributed by atoms with Gasteiger partial charge >= 0.3 is 18.0 Å². The molecule has 0 bridgehead atoms. The lowest BCUT2D eigenvalue weighted by Gasteiger charge is -2.35. The molecule has 1 aromatic heterocycles. The quantitative estimate of drug-likeness (QED) is 0.471. The minimum atomic E-state index is -3.61. The van der Waals surface area contributed by atoms with Gasteiger partial charge in [0.05, 0.1) is 30.4 Å². The number of benzene rings is 1. The number of aromatic nitrogens is 2. The van der Waals surface area contributed by atoms with E-state index < -0.39 is 65.2 Å². The SMILES string of the molecule is CN1C(=O)C(C(C)(C)C)NC(=O)OC2CCCC2OCC=CC(F)(F)c2nc3ccccc3nc2OCCC1C(=O)O. The number of nitrogens with one attached hydrogen (secondary N) is 1. The fourth-order valence-corrected chi connectivity index (χ4v) is 5.02. The Morgan fingerprint density at radius 3 is 2.43 bits per heavy atom. The van der Waals surface area contributed by atoms with Crippen molar-refractivity contribution in [2.75, 3.05) is 20.3 Å². The molecule has 1 fully saturated rings. The van der Waals surface area contributed by atoms with Crippen molar-refractivity contribution in [3.05, 3.63) is 42.1 Å². The minimum Gasteiger partial charge on any atom is -0.480 e. The van der Waals surface area contributed by atoms with Crippen molar-refractivity contribution in [3.8, 4) is 5.88 Å². The molecule has 2 aromatic rings. The summed E-state index contributed by atoms with van der Waals surface area (Å²) in [4.78, 5) is 48.0. The van der Waals surface area contributed by atoms with Gasteiger partial charge in [-0.2, -0.15) is 8.78 Å². The van der Waals surface area contributed by atoms with Crippen molar-refractivity contribution >= 4 is 29.0 Å². The van der Waals surface area contributed by atoms with Crippen LogP contribution in [0.4, 0.5) is 13.6 Å². The summed E-state index contributed by atoms with van der Waals surface area (Å²) in [6.07, 6.45) is 1.27. The third kappa shape index (κ3) is 7.12. The molecule has 2 heterocycles. The van der Waals surface area contributed by atoms with Gasteiger partial charge < -0.3 is 29.5 Å². The third-order valence-corrected chi connectivity index (χ3v) is 7.34. The Balaban J connectivity index is 1.71. The summed E-state index contributed by atoms with van der Waals surface area (Å²) in [7, 11) is 1.30. The molecular formula is C29H36F2N4O7. The van der Waals surface area contributed by atoms with Gasteiger partial charge in [-0.05, 0) is 42.9 Å². The first-order chi connectivity index (χ1) is 19.8. The second-order valence-electron chi connectivity index (χ2n) is 11.5. The maximum Gasteiger partial charge on any atom is 0.408 e. The normalized spacial score (nSPS) is 26.1. The van der Waals surface area contributed by atoms with Gasteiger partial charge in [-0.3, -0.25) is 4.79 Å². The number of carbonyl (C=O) groups is 3. The van der Waals surface area contributed by atoms with Crippen LogP contribution in [0, 0.1) is 5.41 Å². The molecule has 228 valence electrons. The van der Waals surface area contributed by atoms with Crippen LogP contribution < -0.4 is 10.1 Å². The number of allylic oxidation sites excluding steroid dienone is 1. The second-order valence-corrected chi connectivity index (χ2v) is 11.5. The molecule has 11 nitrogen and oxygen atoms in total. The topological polar surface area (TPSA) is 140 Å². The molecule has 4 atom stereocenters. The fraction of sp³-hybridized carbons (Fsp3) is 0.552. The first kappa shape index (κ1) is 31.1. The summed E-state index contributed by atoms with van der Waals surface area (Å²) in [5, 5.41) is 12.5. The van der Waals surface area contributed by atoms with Crippen LogP contribution in [-0.2, 0) is 25.0 Å². The number of carboxylic acid groups (broad SMARTS) is 1. The summed E-state index contributed by atoms with van der Waals surface area (Å²) in [5.74, 6) is -6.06. The summed E-state index contributed by atoms with van der Waals surface area (Å²) in [6, 6.07) is 3.93. The highest BCUT2D eigenvalue weighted by Crippen LogP contribution is 2.35. The highest BCUT2D eigenvalue weighted by molar-refractivity contribution is 5.89. The maximum atomic E-state index is 15.5. The Morgan fingerprint density at radius 2 is 1.76 bits per heavy atom. The Labute approximate surface area is 242 Å². The molecule has 0 radical (unpaired) electrons. The largest absolute Gasteiger partial charge is 0.480 e. The molecule has 42 heavy (non-hydrogen) atoms. The van der Waals surface area contributed by atoms with Crippen LogP contribution in [0.25, 0.3) is 11.0 Å². The number of nitrogens with zero attached hydrogens (tertiary/aromatic N) is 3. The molecule has 2 amide bonds. The number of halogens is 2. The average molecular weight is 591 g/mol. The number of ether oxygens (including phenoxy) is 3. The molecular weight excluding hydrogens is 554 g/mol. The Bertz CT molecular complexity index is 1350. The molecule has 2 aliphatic rings. The van der Waals surface area contributed by atoms with Crippen LogP contribution in [0.3, 0.4) is 0 Å². The van der Waals surface area contributed by atoms with Gasteiger partial charge in [-0.15, -0.1) is 0 Å². The summed E-state index contributed by atoms with van der Waals surface area (Å²) in [5.41, 5.74) is -1.000. The number of likely N-dealkylation sites (N-methyl/N-ethyl adjacent to an activating group) is 1. The molecule has 1 aliphatic heterocycles. The lowest BCUT2D eigenvalue weighted by molar-refractivity contribution is -0.151. The molecule has 1 aliphatic carbocycles. The monoisotopic (exact) mass is 590 g/mol. The van der Waals surface area contributed by atoms with E-state index in [0.717, 1.165) is 11.0 Å². The Hall–Kier alpha value is -3.87. The lowest BCUT2D eigenvalue weighted by atomic mass is 9.85. The number of carboxylic acids is 1. The van der Waals surface area contributed by atoms with E-state index in [1.807, 2.05) is 0 Å². The number of alkyl halides is 2. The number of aliphatic carboxylic acids is 1. The maximum absolute atomic E-state index is 15.5. The zero-order valence-electron chi connectivity index (χ0n) is 24.0. The highest BCUT2D eigenvalue weighted by Gasteiger charge is 2.41. The molecule has 2 N–H and O–H groups in total. The van der Waals surface area contributed by atoms with Crippen LogP contribution in [-0.4, -0.2) is 82.5 Å². The van der Waals surface area contributed by atoms with Gasteiger partial charge in [0.25, 0.3) is 0 Å². The van der Waals surface area contributed by atoms with E-state index in [1.54, 1.807) is 45.0 Å². The number of hydrogen-bond acceptors (Lipinski definition) is 8. The summed E-state index contributed by atoms with van der Waals surface area (Å²) in [6.45, 7) is 4.65. The van der Waals surface area contributed by atoms with Crippen molar-refractivity contribution in [1.29, 1.82) is 0 Å². The lowest BCUT2D eigenvalue weighted by Crippen LogP contribution is -2.57. The number of alkyl carbamates (subject to hydrolysis) is 1. The molecule has 0 saturated heterocycles. The predicted octanol–water partition coefficient (Wildman–Crippen LogP) is 4.05. The third-order valence-electron chi connectivity index (χ3n) is 7.34. The number of hydrogen-bond donors (Lipinski definition) is 2. The van der Waals surface area contributed by atoms with E-state index in [2.05, 4.69) is 15.3 Å². The van der Waals surface area contributed by atoms with Crippen molar-refractivity contribution in [2.45, 2.75) is 76.7 Å². The number of rotatable bonds is 1. The van der Waals surface area contributed by atoms with Crippen LogP contribution in [0.1, 0.15) is 52.1 Å². The summed E-state index contributed by atoms with van der Waals surface area (Å²) < 4.78 is 47.9. The van der Waals surface area contributed by atoms with Gasteiger partial charge in [-0.25, -0.2) is 19.6 Å². The van der Waals surface area contributed by atoms with Gasteiger partial charge in [0, 0.05) is 13.5 Å². The second kappa shape index (κ2) is 12.6. The average Bonchev–Trinajstić information content (AvgIpc) is 3.36. The van der Waals surface area contributed by atoms with Crippen LogP contribution in [0.15, 0.2) is 36.4 Å². The van der Waals surface area contributed by atoms with E-state index in [9.17, 15) is 19.5 Å². The van der Waals surface area contributed by atoms with Crippen LogP contribution >= 0.6 is 0 Å². The molecule has 1 aromatic carbocycles. The van der Waals surface area contributed by atoms with Gasteiger partial charge in [0.2, 0.25) is 11.8 Å². The number of carbonyl (C=O) groups excluding carboxylic acids is 2. The van der Waals surface area contributed by atoms with Crippen molar-refractivity contribution < 1.29 is 42.5 Å². The van der Waals surface area contributed by atoms with Crippen molar-refractivity contribution in [3.63, 3.8) is 0 Å². The first-order valence-electron chi connectivity index (χ1n) is 13.8. The minimum absolute atomic E-state index is 0.173. The van der Waals surface area contributed by atoms with Crippen LogP contribution in [0.5, 0.6) is 5.88 Å². The zero-order valence-corrected chi connectivity index (χ0v) is 24.0. The van der Waals surface area contributed by atoms with E-state index in [-0.39, 0.29) is 25.2 Å². The van der Waals surface area contributed by atoms with E-state index >= 15 is 8.78 Å². The number of fused-ring (bicyclic) bond motifs is 3. The van der Waals surface area contributed by atoms with Crippen LogP contribution in [0.2, 0.25) is 0 Å². The fourth-order valence-electron chi connectivity index (χ4n) is 5.02. The molecule has 13 heteroatoms. The first-order valence-corrected chi connectivity index (χ1v) is 13.8. The molecule has 0 spiro atoms. The molecule has 1 saturated carbocycles. The standard InChI is InChI=1S/C29H36F2N4O7/c1-28(2,3)23-25(36)35(4)19(26(37)38)13-16-41-24-22(32-17-9-5-6-10-18(17)33-24)29(30,31)14-8-15-40-20-11-7-12-21(20)42-27(39)34-23/h5-6,8-10,14,19-21,23H,7,11-13,15-16H2,1-4H3,(H,34,39)(H,37,38). The number of para-hydroxylation sites is 2. The summed E-state index contributed by atoms with van der Waals surface area (Å²) >= 11 is 0.